The number of hydrogen-bond acceptors (Lipinski definition) is 6. The van der Waals surface area contributed by atoms with Crippen LogP contribution in [0.25, 0.3) is 88.4 Å². The molecule has 282 valence electrons. The van der Waals surface area contributed by atoms with Crippen LogP contribution in [-0.2, 0) is 0 Å². The molecule has 0 fully saturated rings. The van der Waals surface area contributed by atoms with E-state index in [0.29, 0.717) is 55.9 Å². The van der Waals surface area contributed by atoms with E-state index >= 15 is 0 Å². The maximum atomic E-state index is 11.5. The van der Waals surface area contributed by atoms with Crippen LogP contribution in [-0.4, -0.2) is 9.13 Å². The molecule has 0 amide bonds. The van der Waals surface area contributed by atoms with Crippen LogP contribution in [0.1, 0.15) is 33.4 Å². The van der Waals surface area contributed by atoms with Crippen LogP contribution in [0.5, 0.6) is 0 Å². The number of nitrogens with zero attached hydrogens (tertiary/aromatic N) is 8. The first-order valence-electron chi connectivity index (χ1n) is 19.5. The van der Waals surface area contributed by atoms with E-state index in [4.69, 9.17) is 0 Å². The Morgan fingerprint density at radius 2 is 0.661 bits per heavy atom. The van der Waals surface area contributed by atoms with Crippen LogP contribution in [0.15, 0.2) is 158 Å². The molecule has 2 heterocycles. The SMILES string of the molecule is N#Cc1cccc(-c2cc(-n3c4ccccc4c4ccc(-c5cc(C#N)cc(C#N)c5)cc43)c(C#N)c(-n3c4ccccc4c4ccc(-c5cc(C#N)cc(C#N)c5)cc43)c2)c1. The number of para-hydroxylation sites is 2. The van der Waals surface area contributed by atoms with Crippen LogP contribution >= 0.6 is 0 Å². The molecular weight excluding hydrogens is 761 g/mol. The summed E-state index contributed by atoms with van der Waals surface area (Å²) in [7, 11) is 0. The molecule has 0 aliphatic heterocycles. The van der Waals surface area contributed by atoms with Crippen molar-refractivity contribution < 1.29 is 0 Å². The lowest BCUT2D eigenvalue weighted by atomic mass is 9.98. The summed E-state index contributed by atoms with van der Waals surface area (Å²) >= 11 is 0. The molecule has 0 N–H and O–H groups in total. The minimum Gasteiger partial charge on any atom is -0.308 e. The summed E-state index contributed by atoms with van der Waals surface area (Å²) in [5.74, 6) is 0. The minimum atomic E-state index is 0.376. The number of nitriles is 6. The summed E-state index contributed by atoms with van der Waals surface area (Å²) in [6.07, 6.45) is 0. The highest BCUT2D eigenvalue weighted by atomic mass is 15.0. The first kappa shape index (κ1) is 36.6. The van der Waals surface area contributed by atoms with Gasteiger partial charge in [-0.1, -0.05) is 72.8 Å². The van der Waals surface area contributed by atoms with Crippen molar-refractivity contribution in [1.82, 2.24) is 9.13 Å². The molecule has 0 unspecified atom stereocenters. The van der Waals surface area contributed by atoms with Crippen molar-refractivity contribution in [2.45, 2.75) is 0 Å². The molecule has 10 aromatic rings. The van der Waals surface area contributed by atoms with E-state index in [1.54, 1.807) is 42.5 Å². The third-order valence-electron chi connectivity index (χ3n) is 11.4. The zero-order valence-corrected chi connectivity index (χ0v) is 32.6. The lowest BCUT2D eigenvalue weighted by Gasteiger charge is -2.19. The van der Waals surface area contributed by atoms with Gasteiger partial charge in [0.25, 0.3) is 0 Å². The Labute approximate surface area is 355 Å². The van der Waals surface area contributed by atoms with Gasteiger partial charge >= 0.3 is 0 Å². The lowest BCUT2D eigenvalue weighted by Crippen LogP contribution is -2.05. The van der Waals surface area contributed by atoms with Gasteiger partial charge in [0.2, 0.25) is 0 Å². The van der Waals surface area contributed by atoms with Gasteiger partial charge in [-0.25, -0.2) is 0 Å². The maximum Gasteiger partial charge on any atom is 0.104 e. The Kier molecular flexibility index (Phi) is 8.62. The third-order valence-corrected chi connectivity index (χ3v) is 11.4. The predicted molar refractivity (Wildman–Crippen MR) is 240 cm³/mol. The zero-order valence-electron chi connectivity index (χ0n) is 32.6. The number of benzene rings is 8. The molecule has 8 heteroatoms. The van der Waals surface area contributed by atoms with E-state index in [0.717, 1.165) is 65.9 Å². The third kappa shape index (κ3) is 5.87. The van der Waals surface area contributed by atoms with Crippen molar-refractivity contribution in [1.29, 1.82) is 31.6 Å². The van der Waals surface area contributed by atoms with E-state index in [-0.39, 0.29) is 0 Å². The highest BCUT2D eigenvalue weighted by Gasteiger charge is 2.23. The van der Waals surface area contributed by atoms with Gasteiger partial charge in [-0.05, 0) is 118 Å². The van der Waals surface area contributed by atoms with Crippen LogP contribution in [0.3, 0.4) is 0 Å². The van der Waals surface area contributed by atoms with Gasteiger partial charge in [-0.15, -0.1) is 0 Å². The van der Waals surface area contributed by atoms with Crippen LogP contribution < -0.4 is 0 Å². The van der Waals surface area contributed by atoms with Crippen molar-refractivity contribution in [2.24, 2.45) is 0 Å². The van der Waals surface area contributed by atoms with Crippen LogP contribution in [0, 0.1) is 68.0 Å². The molecule has 0 radical (unpaired) electrons. The molecule has 8 nitrogen and oxygen atoms in total. The van der Waals surface area contributed by atoms with Gasteiger partial charge in [0.1, 0.15) is 11.6 Å². The predicted octanol–water partition coefficient (Wildman–Crippen LogP) is 12.1. The summed E-state index contributed by atoms with van der Waals surface area (Å²) in [5, 5.41) is 64.5. The first-order valence-corrected chi connectivity index (χ1v) is 19.5. The van der Waals surface area contributed by atoms with Crippen molar-refractivity contribution in [2.75, 3.05) is 0 Å². The quantitative estimate of drug-likeness (QED) is 0.169. The molecular formula is C54H26N8. The molecule has 0 spiro atoms. The minimum absolute atomic E-state index is 0.376. The Morgan fingerprint density at radius 3 is 1.10 bits per heavy atom. The van der Waals surface area contributed by atoms with Gasteiger partial charge < -0.3 is 9.13 Å². The standard InChI is InChI=1S/C54H26N8/c55-27-33-6-5-7-38(18-33)43-25-53(61-49-10-3-1-8-44(49)46-14-12-39(23-51(46)61)41-19-34(28-56)16-35(20-41)29-57)48(32-60)54(26-43)62-50-11-4-2-9-45(50)47-15-13-40(24-52(47)62)42-21-36(30-58)17-37(22-42)31-59/h1-26H. The second kappa shape index (κ2) is 14.6. The monoisotopic (exact) mass is 786 g/mol. The van der Waals surface area contributed by atoms with E-state index < -0.39 is 0 Å². The number of fused-ring (bicyclic) bond motifs is 6. The van der Waals surface area contributed by atoms with Crippen molar-refractivity contribution in [3.05, 3.63) is 191 Å². The highest BCUT2D eigenvalue weighted by molar-refractivity contribution is 6.12. The molecule has 0 bridgehead atoms. The lowest BCUT2D eigenvalue weighted by molar-refractivity contribution is 1.12. The van der Waals surface area contributed by atoms with Crippen LogP contribution in [0.4, 0.5) is 0 Å². The van der Waals surface area contributed by atoms with Crippen molar-refractivity contribution in [3.63, 3.8) is 0 Å². The molecule has 62 heavy (non-hydrogen) atoms. The van der Waals surface area contributed by atoms with Gasteiger partial charge in [0, 0.05) is 21.5 Å². The van der Waals surface area contributed by atoms with E-state index in [1.165, 1.54) is 0 Å². The number of hydrogen-bond donors (Lipinski definition) is 0. The molecule has 0 atom stereocenters. The summed E-state index contributed by atoms with van der Waals surface area (Å²) < 4.78 is 4.20. The second-order valence-corrected chi connectivity index (χ2v) is 14.9. The van der Waals surface area contributed by atoms with Crippen molar-refractivity contribution in [3.8, 4) is 81.2 Å². The van der Waals surface area contributed by atoms with Gasteiger partial charge in [-0.3, -0.25) is 0 Å². The average Bonchev–Trinajstić information content (AvgIpc) is 3.85. The largest absolute Gasteiger partial charge is 0.308 e. The van der Waals surface area contributed by atoms with Crippen molar-refractivity contribution >= 4 is 43.6 Å². The summed E-state index contributed by atoms with van der Waals surface area (Å²) in [6, 6.07) is 63.4. The van der Waals surface area contributed by atoms with Crippen LogP contribution in [0.2, 0.25) is 0 Å². The smallest absolute Gasteiger partial charge is 0.104 e. The fourth-order valence-electron chi connectivity index (χ4n) is 8.68. The maximum absolute atomic E-state index is 11.5. The Bertz CT molecular complexity index is 3560. The number of aromatic nitrogens is 2. The van der Waals surface area contributed by atoms with E-state index in [9.17, 15) is 31.6 Å². The highest BCUT2D eigenvalue weighted by Crippen LogP contribution is 2.42. The molecule has 0 aliphatic carbocycles. The molecule has 0 aliphatic rings. The molecule has 0 saturated heterocycles. The Balaban J connectivity index is 1.33. The Hall–Kier alpha value is -9.70. The summed E-state index contributed by atoms with van der Waals surface area (Å²) in [5.41, 5.74) is 11.5. The second-order valence-electron chi connectivity index (χ2n) is 14.9. The summed E-state index contributed by atoms with van der Waals surface area (Å²) in [4.78, 5) is 0. The van der Waals surface area contributed by atoms with Gasteiger partial charge in [0.15, 0.2) is 0 Å². The molecule has 0 saturated carbocycles. The topological polar surface area (TPSA) is 153 Å². The zero-order chi connectivity index (χ0) is 42.5. The number of rotatable bonds is 5. The normalized spacial score (nSPS) is 10.8. The fourth-order valence-corrected chi connectivity index (χ4v) is 8.68. The summed E-state index contributed by atoms with van der Waals surface area (Å²) in [6.45, 7) is 0. The molecule has 10 rings (SSSR count). The first-order chi connectivity index (χ1) is 30.4. The Morgan fingerprint density at radius 1 is 0.274 bits per heavy atom. The van der Waals surface area contributed by atoms with E-state index in [1.807, 2.05) is 103 Å². The molecule has 2 aromatic heterocycles. The van der Waals surface area contributed by atoms with E-state index in [2.05, 4.69) is 57.7 Å². The molecule has 8 aromatic carbocycles. The fraction of sp³-hybridized carbons (Fsp3) is 0. The van der Waals surface area contributed by atoms with Gasteiger partial charge in [-0.2, -0.15) is 31.6 Å². The van der Waals surface area contributed by atoms with Gasteiger partial charge in [0.05, 0.1) is 91.6 Å². The average molecular weight is 787 g/mol.